The minimum absolute atomic E-state index is 0.0231. The van der Waals surface area contributed by atoms with Crippen LogP contribution in [-0.2, 0) is 6.54 Å². The SMILES string of the molecule is O=C(c1cnn(Cc2ccccc2Cl)c1)N1CCCC1c1ccc(F)cc1. The fraction of sp³-hybridized carbons (Fsp3) is 0.238. The third-order valence-electron chi connectivity index (χ3n) is 4.94. The maximum atomic E-state index is 13.2. The summed E-state index contributed by atoms with van der Waals surface area (Å²) in [5.41, 5.74) is 2.47. The molecular weight excluding hydrogens is 365 g/mol. The Bertz CT molecular complexity index is 954. The van der Waals surface area contributed by atoms with Crippen LogP contribution in [0.3, 0.4) is 0 Å². The Kier molecular flexibility index (Phi) is 4.94. The fourth-order valence-electron chi connectivity index (χ4n) is 3.57. The second-order valence-electron chi connectivity index (χ2n) is 6.73. The monoisotopic (exact) mass is 383 g/mol. The predicted molar refractivity (Wildman–Crippen MR) is 102 cm³/mol. The second-order valence-corrected chi connectivity index (χ2v) is 7.13. The van der Waals surface area contributed by atoms with Crippen LogP contribution in [0.5, 0.6) is 0 Å². The van der Waals surface area contributed by atoms with Gasteiger partial charge in [0.15, 0.2) is 0 Å². The smallest absolute Gasteiger partial charge is 0.257 e. The molecule has 4 rings (SSSR count). The zero-order valence-electron chi connectivity index (χ0n) is 14.7. The minimum Gasteiger partial charge on any atom is -0.332 e. The molecule has 1 unspecified atom stereocenters. The first kappa shape index (κ1) is 17.7. The van der Waals surface area contributed by atoms with Crippen LogP contribution in [0.25, 0.3) is 0 Å². The molecule has 0 radical (unpaired) electrons. The normalized spacial score (nSPS) is 16.7. The van der Waals surface area contributed by atoms with E-state index in [-0.39, 0.29) is 17.8 Å². The van der Waals surface area contributed by atoms with Gasteiger partial charge in [-0.15, -0.1) is 0 Å². The quantitative estimate of drug-likeness (QED) is 0.654. The summed E-state index contributed by atoms with van der Waals surface area (Å²) in [4.78, 5) is 14.9. The van der Waals surface area contributed by atoms with Gasteiger partial charge in [0.1, 0.15) is 5.82 Å². The van der Waals surface area contributed by atoms with Crippen LogP contribution in [-0.4, -0.2) is 27.1 Å². The first-order valence-corrected chi connectivity index (χ1v) is 9.32. The van der Waals surface area contributed by atoms with Gasteiger partial charge in [-0.25, -0.2) is 4.39 Å². The number of likely N-dealkylation sites (tertiary alicyclic amines) is 1. The molecular formula is C21H19ClFN3O. The number of hydrogen-bond donors (Lipinski definition) is 0. The molecule has 3 aromatic rings. The first-order valence-electron chi connectivity index (χ1n) is 8.94. The van der Waals surface area contributed by atoms with Gasteiger partial charge in [-0.1, -0.05) is 41.9 Å². The van der Waals surface area contributed by atoms with Crippen molar-refractivity contribution in [3.8, 4) is 0 Å². The van der Waals surface area contributed by atoms with E-state index in [0.717, 1.165) is 24.0 Å². The second kappa shape index (κ2) is 7.53. The largest absolute Gasteiger partial charge is 0.332 e. The summed E-state index contributed by atoms with van der Waals surface area (Å²) in [6.07, 6.45) is 5.16. The van der Waals surface area contributed by atoms with E-state index in [0.29, 0.717) is 23.7 Å². The summed E-state index contributed by atoms with van der Waals surface area (Å²) in [7, 11) is 0. The molecule has 0 saturated carbocycles. The van der Waals surface area contributed by atoms with Crippen molar-refractivity contribution in [2.75, 3.05) is 6.54 Å². The van der Waals surface area contributed by atoms with Crippen molar-refractivity contribution in [3.05, 3.63) is 88.5 Å². The van der Waals surface area contributed by atoms with E-state index in [1.54, 1.807) is 29.2 Å². The van der Waals surface area contributed by atoms with Crippen molar-refractivity contribution in [2.24, 2.45) is 0 Å². The summed E-state index contributed by atoms with van der Waals surface area (Å²) >= 11 is 6.20. The highest BCUT2D eigenvalue weighted by Gasteiger charge is 2.31. The van der Waals surface area contributed by atoms with Crippen molar-refractivity contribution >= 4 is 17.5 Å². The highest BCUT2D eigenvalue weighted by molar-refractivity contribution is 6.31. The zero-order chi connectivity index (χ0) is 18.8. The number of halogens is 2. The van der Waals surface area contributed by atoms with Gasteiger partial charge in [-0.2, -0.15) is 5.10 Å². The van der Waals surface area contributed by atoms with E-state index in [4.69, 9.17) is 11.6 Å². The van der Waals surface area contributed by atoms with Gasteiger partial charge in [-0.05, 0) is 42.2 Å². The standard InChI is InChI=1S/C21H19ClFN3O/c22-19-5-2-1-4-16(19)13-25-14-17(12-24-25)21(27)26-11-3-6-20(26)15-7-9-18(23)10-8-15/h1-2,4-5,7-10,12,14,20H,3,6,11,13H2. The topological polar surface area (TPSA) is 38.1 Å². The lowest BCUT2D eigenvalue weighted by molar-refractivity contribution is 0.0735. The fourth-order valence-corrected chi connectivity index (χ4v) is 3.76. The van der Waals surface area contributed by atoms with E-state index in [1.807, 2.05) is 29.2 Å². The first-order chi connectivity index (χ1) is 13.1. The number of amides is 1. The van der Waals surface area contributed by atoms with Gasteiger partial charge in [-0.3, -0.25) is 9.48 Å². The Hall–Kier alpha value is -2.66. The summed E-state index contributed by atoms with van der Waals surface area (Å²) in [5.74, 6) is -0.317. The van der Waals surface area contributed by atoms with Crippen molar-refractivity contribution < 1.29 is 9.18 Å². The molecule has 1 saturated heterocycles. The molecule has 4 nitrogen and oxygen atoms in total. The van der Waals surface area contributed by atoms with Crippen molar-refractivity contribution in [3.63, 3.8) is 0 Å². The van der Waals surface area contributed by atoms with Crippen LogP contribution in [0, 0.1) is 5.82 Å². The van der Waals surface area contributed by atoms with Gasteiger partial charge in [0.2, 0.25) is 0 Å². The minimum atomic E-state index is -0.268. The molecule has 0 spiro atoms. The lowest BCUT2D eigenvalue weighted by Gasteiger charge is -2.24. The molecule has 0 aliphatic carbocycles. The maximum Gasteiger partial charge on any atom is 0.257 e. The van der Waals surface area contributed by atoms with Crippen LogP contribution >= 0.6 is 11.6 Å². The lowest BCUT2D eigenvalue weighted by Crippen LogP contribution is -2.30. The average molecular weight is 384 g/mol. The van der Waals surface area contributed by atoms with Crippen LogP contribution in [0.2, 0.25) is 5.02 Å². The summed E-state index contributed by atoms with van der Waals surface area (Å²) in [6.45, 7) is 1.20. The molecule has 2 aromatic carbocycles. The summed E-state index contributed by atoms with van der Waals surface area (Å²) in [5, 5.41) is 4.99. The highest BCUT2D eigenvalue weighted by Crippen LogP contribution is 2.33. The van der Waals surface area contributed by atoms with Gasteiger partial charge >= 0.3 is 0 Å². The molecule has 1 aromatic heterocycles. The van der Waals surface area contributed by atoms with E-state index in [1.165, 1.54) is 12.1 Å². The average Bonchev–Trinajstić information content (AvgIpc) is 3.33. The molecule has 6 heteroatoms. The molecule has 27 heavy (non-hydrogen) atoms. The molecule has 138 valence electrons. The number of rotatable bonds is 4. The Balaban J connectivity index is 1.51. The van der Waals surface area contributed by atoms with E-state index in [2.05, 4.69) is 5.10 Å². The van der Waals surface area contributed by atoms with E-state index < -0.39 is 0 Å². The molecule has 1 amide bonds. The van der Waals surface area contributed by atoms with Gasteiger partial charge < -0.3 is 4.90 Å². The Morgan fingerprint density at radius 2 is 1.96 bits per heavy atom. The number of hydrogen-bond acceptors (Lipinski definition) is 2. The predicted octanol–water partition coefficient (Wildman–Crippen LogP) is 4.70. The summed E-state index contributed by atoms with van der Waals surface area (Å²) < 4.78 is 14.9. The Morgan fingerprint density at radius 3 is 2.74 bits per heavy atom. The number of carbonyl (C=O) groups is 1. The number of aromatic nitrogens is 2. The Labute approximate surface area is 162 Å². The molecule has 1 aliphatic rings. The molecule has 2 heterocycles. The zero-order valence-corrected chi connectivity index (χ0v) is 15.4. The maximum absolute atomic E-state index is 13.2. The molecule has 1 aliphatic heterocycles. The van der Waals surface area contributed by atoms with Crippen LogP contribution in [0.15, 0.2) is 60.9 Å². The van der Waals surface area contributed by atoms with Crippen LogP contribution < -0.4 is 0 Å². The highest BCUT2D eigenvalue weighted by atomic mass is 35.5. The van der Waals surface area contributed by atoms with Crippen molar-refractivity contribution in [2.45, 2.75) is 25.4 Å². The van der Waals surface area contributed by atoms with Gasteiger partial charge in [0, 0.05) is 17.8 Å². The number of carbonyl (C=O) groups excluding carboxylic acids is 1. The van der Waals surface area contributed by atoms with Crippen LogP contribution in [0.4, 0.5) is 4.39 Å². The van der Waals surface area contributed by atoms with E-state index >= 15 is 0 Å². The molecule has 1 fully saturated rings. The third kappa shape index (κ3) is 3.74. The van der Waals surface area contributed by atoms with Crippen molar-refractivity contribution in [1.82, 2.24) is 14.7 Å². The van der Waals surface area contributed by atoms with E-state index in [9.17, 15) is 9.18 Å². The van der Waals surface area contributed by atoms with Gasteiger partial charge in [0.25, 0.3) is 5.91 Å². The van der Waals surface area contributed by atoms with Crippen LogP contribution in [0.1, 0.15) is 40.4 Å². The molecule has 0 N–H and O–H groups in total. The lowest BCUT2D eigenvalue weighted by atomic mass is 10.0. The third-order valence-corrected chi connectivity index (χ3v) is 5.31. The Morgan fingerprint density at radius 1 is 1.19 bits per heavy atom. The number of benzene rings is 2. The summed E-state index contributed by atoms with van der Waals surface area (Å²) in [6, 6.07) is 14.0. The molecule has 1 atom stereocenters. The van der Waals surface area contributed by atoms with Gasteiger partial charge in [0.05, 0.1) is 24.3 Å². The number of nitrogens with zero attached hydrogens (tertiary/aromatic N) is 3. The molecule has 0 bridgehead atoms. The van der Waals surface area contributed by atoms with Crippen molar-refractivity contribution in [1.29, 1.82) is 0 Å².